The summed E-state index contributed by atoms with van der Waals surface area (Å²) in [7, 11) is 0. The highest BCUT2D eigenvalue weighted by molar-refractivity contribution is 5.00. The van der Waals surface area contributed by atoms with Crippen LogP contribution >= 0.6 is 0 Å². The van der Waals surface area contributed by atoms with Gasteiger partial charge in [-0.15, -0.1) is 0 Å². The van der Waals surface area contributed by atoms with Crippen molar-refractivity contribution in [3.05, 3.63) is 12.2 Å². The van der Waals surface area contributed by atoms with Crippen LogP contribution in [0.3, 0.4) is 0 Å². The van der Waals surface area contributed by atoms with Gasteiger partial charge in [-0.1, -0.05) is 39.3 Å². The third kappa shape index (κ3) is 3.97. The fraction of sp³-hybridized carbons (Fsp3) is 0.846. The van der Waals surface area contributed by atoms with Gasteiger partial charge in [0.2, 0.25) is 0 Å². The molecule has 0 unspecified atom stereocenters. The molecule has 1 fully saturated rings. The maximum Gasteiger partial charge on any atom is -0.0260 e. The van der Waals surface area contributed by atoms with Crippen LogP contribution in [0.15, 0.2) is 12.2 Å². The molecule has 0 aliphatic heterocycles. The molecule has 0 aromatic heterocycles. The van der Waals surface area contributed by atoms with Gasteiger partial charge < -0.3 is 0 Å². The zero-order chi connectivity index (χ0) is 9.73. The summed E-state index contributed by atoms with van der Waals surface area (Å²) in [5.74, 6) is 0.877. The monoisotopic (exact) mass is 180 g/mol. The second kappa shape index (κ2) is 4.83. The lowest BCUT2D eigenvalue weighted by atomic mass is 9.91. The summed E-state index contributed by atoms with van der Waals surface area (Å²) in [5, 5.41) is 0. The molecule has 0 nitrogen and oxygen atoms in total. The molecule has 1 saturated carbocycles. The van der Waals surface area contributed by atoms with Crippen molar-refractivity contribution in [2.24, 2.45) is 11.3 Å². The first kappa shape index (κ1) is 10.8. The first-order valence-corrected chi connectivity index (χ1v) is 5.83. The maximum absolute atomic E-state index is 2.42. The van der Waals surface area contributed by atoms with Gasteiger partial charge in [0.05, 0.1) is 0 Å². The van der Waals surface area contributed by atoms with Crippen molar-refractivity contribution in [3.63, 3.8) is 0 Å². The maximum atomic E-state index is 2.42. The molecule has 0 radical (unpaired) electrons. The second-order valence-corrected chi connectivity index (χ2v) is 5.06. The summed E-state index contributed by atoms with van der Waals surface area (Å²) >= 11 is 0. The quantitative estimate of drug-likeness (QED) is 0.526. The van der Waals surface area contributed by atoms with Crippen LogP contribution in [-0.4, -0.2) is 0 Å². The SMILES string of the molecule is CCC/C=C\CC1(CC(C)C)CC1. The van der Waals surface area contributed by atoms with Crippen molar-refractivity contribution in [3.8, 4) is 0 Å². The first-order chi connectivity index (χ1) is 6.18. The molecule has 0 bridgehead atoms. The van der Waals surface area contributed by atoms with Crippen LogP contribution < -0.4 is 0 Å². The molecule has 1 aliphatic rings. The van der Waals surface area contributed by atoms with Crippen molar-refractivity contribution in [1.82, 2.24) is 0 Å². The minimum atomic E-state index is 0.735. The van der Waals surface area contributed by atoms with Crippen molar-refractivity contribution in [1.29, 1.82) is 0 Å². The van der Waals surface area contributed by atoms with E-state index in [0.717, 1.165) is 11.3 Å². The minimum absolute atomic E-state index is 0.735. The average molecular weight is 180 g/mol. The summed E-state index contributed by atoms with van der Waals surface area (Å²) in [6, 6.07) is 0. The Kier molecular flexibility index (Phi) is 4.02. The highest BCUT2D eigenvalue weighted by atomic mass is 14.5. The molecule has 13 heavy (non-hydrogen) atoms. The predicted molar refractivity (Wildman–Crippen MR) is 59.8 cm³/mol. The van der Waals surface area contributed by atoms with E-state index >= 15 is 0 Å². The number of hydrogen-bond donors (Lipinski definition) is 0. The smallest absolute Gasteiger partial charge is 0.0260 e. The van der Waals surface area contributed by atoms with Gasteiger partial charge in [-0.05, 0) is 43.4 Å². The first-order valence-electron chi connectivity index (χ1n) is 5.83. The topological polar surface area (TPSA) is 0 Å². The van der Waals surface area contributed by atoms with Gasteiger partial charge in [-0.2, -0.15) is 0 Å². The van der Waals surface area contributed by atoms with E-state index in [-0.39, 0.29) is 0 Å². The number of allylic oxidation sites excluding steroid dienone is 2. The number of unbranched alkanes of at least 4 members (excludes halogenated alkanes) is 1. The van der Waals surface area contributed by atoms with Crippen LogP contribution in [-0.2, 0) is 0 Å². The minimum Gasteiger partial charge on any atom is -0.0885 e. The second-order valence-electron chi connectivity index (χ2n) is 5.06. The lowest BCUT2D eigenvalue weighted by molar-refractivity contribution is 0.392. The van der Waals surface area contributed by atoms with Crippen molar-refractivity contribution in [2.45, 2.75) is 59.3 Å². The molecule has 76 valence electrons. The molecule has 0 saturated heterocycles. The van der Waals surface area contributed by atoms with Crippen molar-refractivity contribution < 1.29 is 0 Å². The normalized spacial score (nSPS) is 20.0. The Morgan fingerprint density at radius 2 is 1.92 bits per heavy atom. The third-order valence-corrected chi connectivity index (χ3v) is 2.97. The Bertz CT molecular complexity index is 161. The highest BCUT2D eigenvalue weighted by Crippen LogP contribution is 2.53. The summed E-state index contributed by atoms with van der Waals surface area (Å²) < 4.78 is 0. The predicted octanol–water partition coefficient (Wildman–Crippen LogP) is 4.56. The Morgan fingerprint density at radius 3 is 2.38 bits per heavy atom. The molecule has 0 N–H and O–H groups in total. The molecular formula is C13H24. The largest absolute Gasteiger partial charge is 0.0885 e. The molecule has 1 rings (SSSR count). The zero-order valence-electron chi connectivity index (χ0n) is 9.47. The van der Waals surface area contributed by atoms with Crippen LogP contribution in [0.1, 0.15) is 59.3 Å². The van der Waals surface area contributed by atoms with Gasteiger partial charge in [-0.25, -0.2) is 0 Å². The van der Waals surface area contributed by atoms with Gasteiger partial charge in [0, 0.05) is 0 Å². The van der Waals surface area contributed by atoms with E-state index in [2.05, 4.69) is 32.9 Å². The Labute approximate surface area is 83.4 Å². The average Bonchev–Trinajstić information content (AvgIpc) is 2.78. The summed E-state index contributed by atoms with van der Waals surface area (Å²) in [6.45, 7) is 6.93. The van der Waals surface area contributed by atoms with E-state index in [0.29, 0.717) is 0 Å². The van der Waals surface area contributed by atoms with Gasteiger partial charge in [0.1, 0.15) is 0 Å². The number of rotatable bonds is 6. The highest BCUT2D eigenvalue weighted by Gasteiger charge is 2.41. The molecule has 0 heterocycles. The zero-order valence-corrected chi connectivity index (χ0v) is 9.47. The van der Waals surface area contributed by atoms with Crippen LogP contribution in [0.2, 0.25) is 0 Å². The van der Waals surface area contributed by atoms with E-state index in [1.165, 1.54) is 38.5 Å². The molecule has 0 atom stereocenters. The fourth-order valence-electron chi connectivity index (χ4n) is 2.15. The van der Waals surface area contributed by atoms with E-state index < -0.39 is 0 Å². The Morgan fingerprint density at radius 1 is 1.23 bits per heavy atom. The van der Waals surface area contributed by atoms with E-state index in [4.69, 9.17) is 0 Å². The van der Waals surface area contributed by atoms with Crippen molar-refractivity contribution in [2.75, 3.05) is 0 Å². The summed E-state index contributed by atoms with van der Waals surface area (Å²) in [6.07, 6.45) is 13.0. The Balaban J connectivity index is 2.19. The number of hydrogen-bond acceptors (Lipinski definition) is 0. The van der Waals surface area contributed by atoms with Gasteiger partial charge in [0.25, 0.3) is 0 Å². The lowest BCUT2D eigenvalue weighted by Crippen LogP contribution is -2.03. The van der Waals surface area contributed by atoms with E-state index in [9.17, 15) is 0 Å². The van der Waals surface area contributed by atoms with E-state index in [1.807, 2.05) is 0 Å². The molecule has 1 aliphatic carbocycles. The summed E-state index contributed by atoms with van der Waals surface area (Å²) in [5.41, 5.74) is 0.735. The van der Waals surface area contributed by atoms with Gasteiger partial charge >= 0.3 is 0 Å². The molecule has 0 aromatic rings. The van der Waals surface area contributed by atoms with Crippen LogP contribution in [0.5, 0.6) is 0 Å². The standard InChI is InChI=1S/C13H24/c1-4-5-6-7-8-13(9-10-13)11-12(2)3/h6-7,12H,4-5,8-11H2,1-3H3/b7-6-. The van der Waals surface area contributed by atoms with Gasteiger partial charge in [0.15, 0.2) is 0 Å². The molecule has 0 amide bonds. The Hall–Kier alpha value is -0.260. The molecular weight excluding hydrogens is 156 g/mol. The van der Waals surface area contributed by atoms with Gasteiger partial charge in [-0.3, -0.25) is 0 Å². The van der Waals surface area contributed by atoms with Crippen molar-refractivity contribution >= 4 is 0 Å². The van der Waals surface area contributed by atoms with Crippen LogP contribution in [0, 0.1) is 11.3 Å². The lowest BCUT2D eigenvalue weighted by Gasteiger charge is -2.14. The summed E-state index contributed by atoms with van der Waals surface area (Å²) in [4.78, 5) is 0. The molecule has 0 heteroatoms. The molecule has 0 aromatic carbocycles. The third-order valence-electron chi connectivity index (χ3n) is 2.97. The fourth-order valence-corrected chi connectivity index (χ4v) is 2.15. The molecule has 0 spiro atoms. The van der Waals surface area contributed by atoms with Crippen LogP contribution in [0.25, 0.3) is 0 Å². The van der Waals surface area contributed by atoms with Crippen LogP contribution in [0.4, 0.5) is 0 Å². The van der Waals surface area contributed by atoms with E-state index in [1.54, 1.807) is 0 Å².